The van der Waals surface area contributed by atoms with E-state index in [1.54, 1.807) is 14.0 Å². The fourth-order valence-corrected chi connectivity index (χ4v) is 1.66. The van der Waals surface area contributed by atoms with Gasteiger partial charge in [0.05, 0.1) is 20.1 Å². The Balaban J connectivity index is 2.76. The van der Waals surface area contributed by atoms with Crippen molar-refractivity contribution in [3.05, 3.63) is 29.3 Å². The highest BCUT2D eigenvalue weighted by Gasteiger charge is 2.11. The minimum atomic E-state index is -0.406. The molecule has 0 saturated carbocycles. The first-order valence-corrected chi connectivity index (χ1v) is 6.07. The highest BCUT2D eigenvalue weighted by Crippen LogP contribution is 2.27. The number of methoxy groups -OCH3 is 1. The molecule has 4 heteroatoms. The van der Waals surface area contributed by atoms with E-state index in [1.807, 2.05) is 18.2 Å². The minimum absolute atomic E-state index is 0.175. The van der Waals surface area contributed by atoms with Crippen LogP contribution in [0.2, 0.25) is 0 Å². The normalized spacial score (nSPS) is 10.5. The summed E-state index contributed by atoms with van der Waals surface area (Å²) in [5.41, 5.74) is 1.97. The molecular formula is C14H20O4. The minimum Gasteiger partial charge on any atom is -0.496 e. The number of benzene rings is 1. The summed E-state index contributed by atoms with van der Waals surface area (Å²) in [5, 5.41) is 0. The molecule has 0 saturated heterocycles. The fourth-order valence-electron chi connectivity index (χ4n) is 1.66. The molecule has 0 fully saturated rings. The van der Waals surface area contributed by atoms with E-state index in [1.165, 1.54) is 0 Å². The number of carbonyl (C=O) groups excluding carboxylic acids is 1. The maximum atomic E-state index is 11.4. The molecular weight excluding hydrogens is 232 g/mol. The third-order valence-electron chi connectivity index (χ3n) is 2.54. The molecule has 0 aliphatic carbocycles. The number of hydrogen-bond donors (Lipinski definition) is 0. The van der Waals surface area contributed by atoms with Crippen molar-refractivity contribution in [1.82, 2.24) is 0 Å². The van der Waals surface area contributed by atoms with Crippen LogP contribution >= 0.6 is 0 Å². The molecule has 0 aliphatic heterocycles. The third-order valence-corrected chi connectivity index (χ3v) is 2.54. The van der Waals surface area contributed by atoms with Gasteiger partial charge < -0.3 is 4.74 Å². The third kappa shape index (κ3) is 4.04. The molecule has 0 spiro atoms. The fraction of sp³-hybridized carbons (Fsp3) is 0.500. The predicted molar refractivity (Wildman–Crippen MR) is 68.5 cm³/mol. The molecule has 18 heavy (non-hydrogen) atoms. The van der Waals surface area contributed by atoms with E-state index in [2.05, 4.69) is 23.6 Å². The quantitative estimate of drug-likeness (QED) is 0.577. The summed E-state index contributed by atoms with van der Waals surface area (Å²) in [6, 6.07) is 5.75. The highest BCUT2D eigenvalue weighted by molar-refractivity contribution is 5.72. The van der Waals surface area contributed by atoms with Gasteiger partial charge in [-0.15, -0.1) is 0 Å². The first-order chi connectivity index (χ1) is 8.58. The molecule has 0 heterocycles. The molecule has 1 rings (SSSR count). The van der Waals surface area contributed by atoms with Crippen LogP contribution in [0.5, 0.6) is 5.75 Å². The second-order valence-electron chi connectivity index (χ2n) is 4.27. The summed E-state index contributed by atoms with van der Waals surface area (Å²) >= 11 is 0. The average molecular weight is 252 g/mol. The van der Waals surface area contributed by atoms with Crippen molar-refractivity contribution in [2.75, 3.05) is 13.7 Å². The average Bonchev–Trinajstić information content (AvgIpc) is 2.35. The molecule has 0 amide bonds. The predicted octanol–water partition coefficient (Wildman–Crippen LogP) is 2.86. The Morgan fingerprint density at radius 1 is 1.33 bits per heavy atom. The molecule has 0 aromatic heterocycles. The van der Waals surface area contributed by atoms with E-state index >= 15 is 0 Å². The number of ether oxygens (including phenoxy) is 1. The van der Waals surface area contributed by atoms with Crippen LogP contribution in [0.1, 0.15) is 37.8 Å². The van der Waals surface area contributed by atoms with Crippen LogP contribution in [0.15, 0.2) is 18.2 Å². The van der Waals surface area contributed by atoms with Crippen LogP contribution in [-0.4, -0.2) is 19.7 Å². The van der Waals surface area contributed by atoms with Gasteiger partial charge in [0.1, 0.15) is 5.75 Å². The standard InChI is InChI=1S/C14H20O4/c1-5-17-18-14(15)9-11-6-7-12(10(2)3)13(8-11)16-4/h6-8,10H,5,9H2,1-4H3. The maximum absolute atomic E-state index is 11.4. The zero-order valence-corrected chi connectivity index (χ0v) is 11.4. The number of rotatable bonds is 6. The van der Waals surface area contributed by atoms with Gasteiger partial charge in [-0.2, -0.15) is 4.89 Å². The SMILES string of the molecule is CCOOC(=O)Cc1ccc(C(C)C)c(OC)c1. The van der Waals surface area contributed by atoms with Gasteiger partial charge in [-0.25, -0.2) is 4.79 Å². The first-order valence-electron chi connectivity index (χ1n) is 6.07. The zero-order valence-electron chi connectivity index (χ0n) is 11.4. The van der Waals surface area contributed by atoms with Crippen molar-refractivity contribution in [1.29, 1.82) is 0 Å². The van der Waals surface area contributed by atoms with Gasteiger partial charge in [0.2, 0.25) is 0 Å². The van der Waals surface area contributed by atoms with Crippen LogP contribution in [-0.2, 0) is 21.0 Å². The van der Waals surface area contributed by atoms with E-state index in [0.29, 0.717) is 12.5 Å². The van der Waals surface area contributed by atoms with Gasteiger partial charge in [-0.05, 0) is 30.0 Å². The van der Waals surface area contributed by atoms with Crippen molar-refractivity contribution >= 4 is 5.97 Å². The summed E-state index contributed by atoms with van der Waals surface area (Å²) < 4.78 is 5.33. The number of hydrogen-bond acceptors (Lipinski definition) is 4. The molecule has 0 atom stereocenters. The summed E-state index contributed by atoms with van der Waals surface area (Å²) in [4.78, 5) is 20.6. The zero-order chi connectivity index (χ0) is 13.5. The van der Waals surface area contributed by atoms with Crippen LogP contribution < -0.4 is 4.74 Å². The van der Waals surface area contributed by atoms with Crippen molar-refractivity contribution in [2.45, 2.75) is 33.1 Å². The van der Waals surface area contributed by atoms with Gasteiger partial charge in [0.15, 0.2) is 0 Å². The summed E-state index contributed by atoms with van der Waals surface area (Å²) in [7, 11) is 1.63. The van der Waals surface area contributed by atoms with E-state index in [9.17, 15) is 4.79 Å². The maximum Gasteiger partial charge on any atom is 0.346 e. The number of carbonyl (C=O) groups is 1. The first kappa shape index (κ1) is 14.5. The summed E-state index contributed by atoms with van der Waals surface area (Å²) in [6.07, 6.45) is 0.175. The molecule has 0 radical (unpaired) electrons. The van der Waals surface area contributed by atoms with E-state index in [-0.39, 0.29) is 6.42 Å². The Hall–Kier alpha value is -1.55. The molecule has 4 nitrogen and oxygen atoms in total. The highest BCUT2D eigenvalue weighted by atomic mass is 17.2. The second-order valence-corrected chi connectivity index (χ2v) is 4.27. The van der Waals surface area contributed by atoms with Crippen LogP contribution in [0.25, 0.3) is 0 Å². The molecule has 0 aliphatic rings. The monoisotopic (exact) mass is 252 g/mol. The smallest absolute Gasteiger partial charge is 0.346 e. The van der Waals surface area contributed by atoms with Gasteiger partial charge >= 0.3 is 5.97 Å². The Labute approximate surface area is 108 Å². The summed E-state index contributed by atoms with van der Waals surface area (Å²) in [6.45, 7) is 6.30. The van der Waals surface area contributed by atoms with Gasteiger partial charge in [0, 0.05) is 0 Å². The van der Waals surface area contributed by atoms with Crippen molar-refractivity contribution in [3.8, 4) is 5.75 Å². The van der Waals surface area contributed by atoms with Gasteiger partial charge in [-0.1, -0.05) is 26.0 Å². The summed E-state index contributed by atoms with van der Waals surface area (Å²) in [5.74, 6) is 0.771. The molecule has 0 unspecified atom stereocenters. The largest absolute Gasteiger partial charge is 0.496 e. The van der Waals surface area contributed by atoms with Crippen LogP contribution in [0, 0.1) is 0 Å². The van der Waals surface area contributed by atoms with Crippen molar-refractivity contribution in [2.24, 2.45) is 0 Å². The lowest BCUT2D eigenvalue weighted by atomic mass is 9.99. The second kappa shape index (κ2) is 7.01. The molecule has 1 aromatic carbocycles. The lowest BCUT2D eigenvalue weighted by Crippen LogP contribution is -2.09. The molecule has 100 valence electrons. The Morgan fingerprint density at radius 2 is 2.06 bits per heavy atom. The lowest BCUT2D eigenvalue weighted by Gasteiger charge is -2.13. The van der Waals surface area contributed by atoms with Gasteiger partial charge in [0.25, 0.3) is 0 Å². The van der Waals surface area contributed by atoms with Gasteiger partial charge in [-0.3, -0.25) is 4.89 Å². The van der Waals surface area contributed by atoms with Crippen LogP contribution in [0.4, 0.5) is 0 Å². The Morgan fingerprint density at radius 3 is 2.61 bits per heavy atom. The molecule has 0 bridgehead atoms. The van der Waals surface area contributed by atoms with Crippen molar-refractivity contribution in [3.63, 3.8) is 0 Å². The van der Waals surface area contributed by atoms with E-state index in [4.69, 9.17) is 4.74 Å². The topological polar surface area (TPSA) is 44.8 Å². The Bertz CT molecular complexity index is 399. The Kier molecular flexibility index (Phi) is 5.65. The van der Waals surface area contributed by atoms with Crippen molar-refractivity contribution < 1.29 is 19.3 Å². The molecule has 0 N–H and O–H groups in total. The lowest BCUT2D eigenvalue weighted by molar-refractivity contribution is -0.268. The molecule has 1 aromatic rings. The van der Waals surface area contributed by atoms with E-state index < -0.39 is 5.97 Å². The van der Waals surface area contributed by atoms with Crippen LogP contribution in [0.3, 0.4) is 0 Å². The van der Waals surface area contributed by atoms with E-state index in [0.717, 1.165) is 16.9 Å².